The molecule has 0 aliphatic heterocycles. The van der Waals surface area contributed by atoms with E-state index in [4.69, 9.17) is 13.9 Å². The van der Waals surface area contributed by atoms with E-state index in [9.17, 15) is 4.79 Å². The maximum atomic E-state index is 12.4. The molecule has 0 fully saturated rings. The van der Waals surface area contributed by atoms with Gasteiger partial charge in [-0.05, 0) is 63.1 Å². The molecule has 1 aromatic heterocycles. The van der Waals surface area contributed by atoms with Gasteiger partial charge in [0, 0.05) is 12.0 Å². The molecule has 3 rings (SSSR count). The van der Waals surface area contributed by atoms with Gasteiger partial charge in [-0.15, -0.1) is 0 Å². The number of esters is 1. The molecule has 0 aliphatic carbocycles. The minimum Gasteiger partial charge on any atom is -0.493 e. The molecule has 0 amide bonds. The molecule has 2 aromatic carbocycles. The summed E-state index contributed by atoms with van der Waals surface area (Å²) < 4.78 is 17.0. The molecule has 6 nitrogen and oxygen atoms in total. The van der Waals surface area contributed by atoms with Crippen LogP contribution in [0.15, 0.2) is 59.0 Å². The largest absolute Gasteiger partial charge is 0.493 e. The maximum Gasteiger partial charge on any atom is 0.323 e. The standard InChI is InChI=1S/C28H36N2O4/c1-4-6-10-18-29-26(28(31)32-5-2)20-22-13-15-24(16-14-22)33-19-17-25-21(3)34-27(30-25)23-11-8-7-9-12-23/h7-9,11-16,26,29H,4-6,10,17-20H2,1-3H3/t26-/m0/s1. The van der Waals surface area contributed by atoms with Gasteiger partial charge in [0.15, 0.2) is 0 Å². The van der Waals surface area contributed by atoms with E-state index in [0.29, 0.717) is 31.9 Å². The van der Waals surface area contributed by atoms with Gasteiger partial charge >= 0.3 is 5.97 Å². The number of nitrogens with zero attached hydrogens (tertiary/aromatic N) is 1. The lowest BCUT2D eigenvalue weighted by Crippen LogP contribution is -2.40. The number of carbonyl (C=O) groups is 1. The Morgan fingerprint density at radius 1 is 1.06 bits per heavy atom. The number of carbonyl (C=O) groups excluding carboxylic acids is 1. The highest BCUT2D eigenvalue weighted by Crippen LogP contribution is 2.22. The van der Waals surface area contributed by atoms with E-state index in [0.717, 1.165) is 54.1 Å². The number of ether oxygens (including phenoxy) is 2. The topological polar surface area (TPSA) is 73.6 Å². The Morgan fingerprint density at radius 2 is 1.82 bits per heavy atom. The quantitative estimate of drug-likeness (QED) is 0.250. The van der Waals surface area contributed by atoms with Crippen LogP contribution in [0.1, 0.15) is 50.1 Å². The number of rotatable bonds is 14. The zero-order chi connectivity index (χ0) is 24.2. The predicted octanol–water partition coefficient (Wildman–Crippen LogP) is 5.53. The number of aryl methyl sites for hydroxylation is 1. The van der Waals surface area contributed by atoms with Gasteiger partial charge in [-0.2, -0.15) is 0 Å². The fraction of sp³-hybridized carbons (Fsp3) is 0.429. The molecule has 0 unspecified atom stereocenters. The van der Waals surface area contributed by atoms with Crippen LogP contribution >= 0.6 is 0 Å². The lowest BCUT2D eigenvalue weighted by atomic mass is 10.1. The summed E-state index contributed by atoms with van der Waals surface area (Å²) in [6.45, 7) is 7.64. The number of hydrogen-bond acceptors (Lipinski definition) is 6. The number of benzene rings is 2. The molecular weight excluding hydrogens is 428 g/mol. The normalized spacial score (nSPS) is 11.9. The van der Waals surface area contributed by atoms with Crippen LogP contribution in [0.5, 0.6) is 5.75 Å². The Bertz CT molecular complexity index is 999. The Hall–Kier alpha value is -3.12. The summed E-state index contributed by atoms with van der Waals surface area (Å²) in [6.07, 6.45) is 4.60. The van der Waals surface area contributed by atoms with E-state index < -0.39 is 0 Å². The number of hydrogen-bond donors (Lipinski definition) is 1. The van der Waals surface area contributed by atoms with Crippen LogP contribution in [0.3, 0.4) is 0 Å². The van der Waals surface area contributed by atoms with Crippen LogP contribution in [0.4, 0.5) is 0 Å². The first-order valence-corrected chi connectivity index (χ1v) is 12.2. The molecular formula is C28H36N2O4. The Kier molecular flexibility index (Phi) is 10.2. The minimum absolute atomic E-state index is 0.197. The Balaban J connectivity index is 1.51. The number of unbranched alkanes of at least 4 members (excludes halogenated alkanes) is 2. The molecule has 0 bridgehead atoms. The molecule has 0 saturated carbocycles. The smallest absolute Gasteiger partial charge is 0.323 e. The van der Waals surface area contributed by atoms with Gasteiger partial charge in [0.1, 0.15) is 17.6 Å². The molecule has 34 heavy (non-hydrogen) atoms. The second kappa shape index (κ2) is 13.6. The van der Waals surface area contributed by atoms with Crippen molar-refractivity contribution in [2.75, 3.05) is 19.8 Å². The molecule has 182 valence electrons. The third-order valence-electron chi connectivity index (χ3n) is 5.63. The number of nitrogens with one attached hydrogen (secondary N) is 1. The second-order valence-corrected chi connectivity index (χ2v) is 8.30. The van der Waals surface area contributed by atoms with Crippen LogP contribution in [0.2, 0.25) is 0 Å². The van der Waals surface area contributed by atoms with Crippen LogP contribution in [0.25, 0.3) is 11.5 Å². The van der Waals surface area contributed by atoms with Gasteiger partial charge in [0.25, 0.3) is 0 Å². The van der Waals surface area contributed by atoms with Gasteiger partial charge in [0.2, 0.25) is 5.89 Å². The van der Waals surface area contributed by atoms with Crippen molar-refractivity contribution in [3.05, 3.63) is 71.6 Å². The minimum atomic E-state index is -0.336. The fourth-order valence-electron chi connectivity index (χ4n) is 3.72. The van der Waals surface area contributed by atoms with Crippen molar-refractivity contribution < 1.29 is 18.7 Å². The monoisotopic (exact) mass is 464 g/mol. The predicted molar refractivity (Wildman–Crippen MR) is 134 cm³/mol. The molecule has 0 spiro atoms. The molecule has 3 aromatic rings. The van der Waals surface area contributed by atoms with E-state index in [1.165, 1.54) is 0 Å². The third-order valence-corrected chi connectivity index (χ3v) is 5.63. The zero-order valence-electron chi connectivity index (χ0n) is 20.5. The molecule has 1 N–H and O–H groups in total. The van der Waals surface area contributed by atoms with Crippen molar-refractivity contribution in [2.45, 2.75) is 58.9 Å². The van der Waals surface area contributed by atoms with E-state index in [1.54, 1.807) is 0 Å². The SMILES string of the molecule is CCCCCN[C@@H](Cc1ccc(OCCc2nc(-c3ccccc3)oc2C)cc1)C(=O)OCC. The second-order valence-electron chi connectivity index (χ2n) is 8.30. The zero-order valence-corrected chi connectivity index (χ0v) is 20.5. The van der Waals surface area contributed by atoms with Crippen LogP contribution < -0.4 is 10.1 Å². The van der Waals surface area contributed by atoms with Crippen molar-refractivity contribution in [1.29, 1.82) is 0 Å². The summed E-state index contributed by atoms with van der Waals surface area (Å²) in [7, 11) is 0. The van der Waals surface area contributed by atoms with E-state index in [-0.39, 0.29) is 12.0 Å². The maximum absolute atomic E-state index is 12.4. The van der Waals surface area contributed by atoms with Crippen molar-refractivity contribution in [3.8, 4) is 17.2 Å². The molecule has 1 heterocycles. The first-order valence-electron chi connectivity index (χ1n) is 12.2. The molecule has 0 radical (unpaired) electrons. The van der Waals surface area contributed by atoms with Gasteiger partial charge < -0.3 is 19.2 Å². The van der Waals surface area contributed by atoms with Crippen molar-refractivity contribution >= 4 is 5.97 Å². The molecule has 0 aliphatic rings. The average Bonchev–Trinajstić information content (AvgIpc) is 3.23. The molecule has 1 atom stereocenters. The lowest BCUT2D eigenvalue weighted by Gasteiger charge is -2.17. The van der Waals surface area contributed by atoms with E-state index in [2.05, 4.69) is 17.2 Å². The van der Waals surface area contributed by atoms with Gasteiger partial charge in [-0.1, -0.05) is 50.1 Å². The summed E-state index contributed by atoms with van der Waals surface area (Å²) in [6, 6.07) is 17.4. The lowest BCUT2D eigenvalue weighted by molar-refractivity contribution is -0.145. The third kappa shape index (κ3) is 7.73. The van der Waals surface area contributed by atoms with Crippen LogP contribution in [-0.4, -0.2) is 36.8 Å². The van der Waals surface area contributed by atoms with Crippen molar-refractivity contribution in [3.63, 3.8) is 0 Å². The number of oxazole rings is 1. The summed E-state index contributed by atoms with van der Waals surface area (Å²) in [5, 5.41) is 3.35. The van der Waals surface area contributed by atoms with Crippen LogP contribution in [0, 0.1) is 6.92 Å². The summed E-state index contributed by atoms with van der Waals surface area (Å²) in [5.41, 5.74) is 2.93. The van der Waals surface area contributed by atoms with Crippen molar-refractivity contribution in [2.24, 2.45) is 0 Å². The van der Waals surface area contributed by atoms with E-state index in [1.807, 2.05) is 68.4 Å². The van der Waals surface area contributed by atoms with E-state index >= 15 is 0 Å². The molecule has 0 saturated heterocycles. The summed E-state index contributed by atoms with van der Waals surface area (Å²) in [5.74, 6) is 2.04. The fourth-order valence-corrected chi connectivity index (χ4v) is 3.72. The highest BCUT2D eigenvalue weighted by atomic mass is 16.5. The Labute approximate surface area is 202 Å². The van der Waals surface area contributed by atoms with Gasteiger partial charge in [-0.25, -0.2) is 4.98 Å². The first kappa shape index (κ1) is 25.5. The van der Waals surface area contributed by atoms with Gasteiger partial charge in [0.05, 0.1) is 18.9 Å². The average molecular weight is 465 g/mol. The molecule has 6 heteroatoms. The highest BCUT2D eigenvalue weighted by molar-refractivity contribution is 5.76. The first-order chi connectivity index (χ1) is 16.6. The Morgan fingerprint density at radius 3 is 2.53 bits per heavy atom. The highest BCUT2D eigenvalue weighted by Gasteiger charge is 2.19. The summed E-state index contributed by atoms with van der Waals surface area (Å²) >= 11 is 0. The number of aromatic nitrogens is 1. The van der Waals surface area contributed by atoms with Gasteiger partial charge in [-0.3, -0.25) is 4.79 Å². The summed E-state index contributed by atoms with van der Waals surface area (Å²) in [4.78, 5) is 17.0. The van der Waals surface area contributed by atoms with Crippen molar-refractivity contribution in [1.82, 2.24) is 10.3 Å². The van der Waals surface area contributed by atoms with Crippen LogP contribution in [-0.2, 0) is 22.4 Å².